The first-order valence-electron chi connectivity index (χ1n) is 33.4. The molecule has 2 amide bonds. The molecule has 0 spiro atoms. The summed E-state index contributed by atoms with van der Waals surface area (Å²) in [6.07, 6.45) is 12.3. The number of primary amides is 1. The summed E-state index contributed by atoms with van der Waals surface area (Å²) in [6.45, 7) is 23.6. The summed E-state index contributed by atoms with van der Waals surface area (Å²) in [7, 11) is 0. The van der Waals surface area contributed by atoms with E-state index in [0.29, 0.717) is 85.4 Å². The predicted molar refractivity (Wildman–Crippen MR) is 352 cm³/mol. The highest BCUT2D eigenvalue weighted by Crippen LogP contribution is 2.37. The van der Waals surface area contributed by atoms with Gasteiger partial charge >= 0.3 is 0 Å². The van der Waals surface area contributed by atoms with Crippen molar-refractivity contribution in [3.8, 4) is 22.8 Å². The second-order valence-corrected chi connectivity index (χ2v) is 25.7. The van der Waals surface area contributed by atoms with Gasteiger partial charge in [-0.2, -0.15) is 10.2 Å². The maximum absolute atomic E-state index is 14.7. The van der Waals surface area contributed by atoms with Crippen LogP contribution < -0.4 is 42.1 Å². The highest BCUT2D eigenvalue weighted by molar-refractivity contribution is 5.99. The number of nitrogens with zero attached hydrogens (tertiary/aromatic N) is 12. The van der Waals surface area contributed by atoms with Crippen molar-refractivity contribution in [2.75, 3.05) is 143 Å². The van der Waals surface area contributed by atoms with Crippen LogP contribution in [0.2, 0.25) is 0 Å². The van der Waals surface area contributed by atoms with Gasteiger partial charge < -0.3 is 51.6 Å². The molecule has 10 heterocycles. The molecule has 6 aliphatic heterocycles. The lowest BCUT2D eigenvalue weighted by Gasteiger charge is -2.43. The molecule has 1 saturated carbocycles. The van der Waals surface area contributed by atoms with Crippen LogP contribution in [0.1, 0.15) is 122 Å². The number of benzene rings is 2. The molecular formula is C66H92N20O4. The van der Waals surface area contributed by atoms with Gasteiger partial charge in [0.05, 0.1) is 6.67 Å². The van der Waals surface area contributed by atoms with Crippen molar-refractivity contribution in [3.05, 3.63) is 82.4 Å². The number of aromatic nitrogens is 8. The molecule has 24 heteroatoms. The van der Waals surface area contributed by atoms with Gasteiger partial charge in [-0.3, -0.25) is 39.4 Å². The molecule has 0 unspecified atom stereocenters. The Kier molecular flexibility index (Phi) is 19.1. The number of aryl methyl sites for hydroxylation is 4. The number of hydrogen-bond acceptors (Lipinski definition) is 20. The SMILES string of the molecule is CCc1cc(Nc2nc(NC3CCOCC3)c(-c3cc(C)[nH]n3)nc2C(N)=O)ccc1N1CCC(N2CCN(CNC(=O)c3nc(-c4cc(C)[nH]n4)c(NC4CCOCC4)nc3Nc3ccc(N4CCC(N5CCN(C6CC6)CC5)CC4)c(CC)c3)CC2)CC1. The van der Waals surface area contributed by atoms with Crippen LogP contribution in [0.4, 0.5) is 46.0 Å². The molecule has 6 saturated heterocycles. The first-order chi connectivity index (χ1) is 44.0. The lowest BCUT2D eigenvalue weighted by Crippen LogP contribution is -2.55. The molecule has 6 aromatic rings. The Labute approximate surface area is 528 Å². The van der Waals surface area contributed by atoms with Gasteiger partial charge in [-0.05, 0) is 151 Å². The second-order valence-electron chi connectivity index (χ2n) is 25.7. The fraction of sp³-hybridized carbons (Fsp3) is 0.576. The highest BCUT2D eigenvalue weighted by Gasteiger charge is 2.35. The summed E-state index contributed by atoms with van der Waals surface area (Å²) < 4.78 is 11.3. The molecular weight excluding hydrogens is 1140 g/mol. The van der Waals surface area contributed by atoms with E-state index in [1.54, 1.807) is 0 Å². The van der Waals surface area contributed by atoms with Gasteiger partial charge in [0.25, 0.3) is 11.8 Å². The van der Waals surface area contributed by atoms with Crippen LogP contribution in [0.3, 0.4) is 0 Å². The first kappa shape index (κ1) is 61.4. The van der Waals surface area contributed by atoms with E-state index in [-0.39, 0.29) is 35.2 Å². The fourth-order valence-electron chi connectivity index (χ4n) is 14.3. The molecule has 0 radical (unpaired) electrons. The Hall–Kier alpha value is -7.48. The van der Waals surface area contributed by atoms with Gasteiger partial charge in [0.2, 0.25) is 0 Å². The van der Waals surface area contributed by atoms with E-state index >= 15 is 0 Å². The molecule has 480 valence electrons. The fourth-order valence-corrected chi connectivity index (χ4v) is 14.3. The number of amides is 2. The second kappa shape index (κ2) is 27.9. The van der Waals surface area contributed by atoms with Gasteiger partial charge in [0.1, 0.15) is 22.8 Å². The zero-order valence-corrected chi connectivity index (χ0v) is 53.1. The molecule has 90 heavy (non-hydrogen) atoms. The number of aromatic amines is 2. The molecule has 0 bridgehead atoms. The predicted octanol–water partition coefficient (Wildman–Crippen LogP) is 7.28. The zero-order valence-electron chi connectivity index (χ0n) is 53.1. The molecule has 2 aromatic carbocycles. The third-order valence-corrected chi connectivity index (χ3v) is 19.6. The van der Waals surface area contributed by atoms with Crippen molar-refractivity contribution in [2.24, 2.45) is 5.73 Å². The molecule has 0 atom stereocenters. The van der Waals surface area contributed by atoms with Crippen LogP contribution in [0, 0.1) is 13.8 Å². The number of piperidine rings is 2. The van der Waals surface area contributed by atoms with Crippen LogP contribution in [0.25, 0.3) is 22.8 Å². The third kappa shape index (κ3) is 14.3. The smallest absolute Gasteiger partial charge is 0.274 e. The molecule has 7 aliphatic rings. The molecule has 1 aliphatic carbocycles. The van der Waals surface area contributed by atoms with Crippen molar-refractivity contribution in [3.63, 3.8) is 0 Å². The number of nitrogens with one attached hydrogen (secondary N) is 7. The number of piperazine rings is 2. The summed E-state index contributed by atoms with van der Waals surface area (Å²) in [5.74, 6) is 0.827. The lowest BCUT2D eigenvalue weighted by atomic mass is 9.99. The van der Waals surface area contributed by atoms with E-state index in [9.17, 15) is 9.59 Å². The van der Waals surface area contributed by atoms with Crippen molar-refractivity contribution in [1.29, 1.82) is 0 Å². The number of H-pyrrole nitrogens is 2. The Morgan fingerprint density at radius 3 is 1.36 bits per heavy atom. The standard InChI is InChI=1S/C66H92N20O4/c1-5-44-39-48(71-64-59(61(67)87)73-57(53-37-42(3)77-79-53)62(75-64)69-46-17-33-89-34-18-46)7-11-55(44)85-21-13-51(14-22-85)82-27-25-81(26-28-82)41-68-66(88)60-65(76-63(70-47-19-35-90-36-20-47)58(74-60)54-38-43(4)78-80-54)72-49-8-12-56(45(6-2)40-49)86-23-15-52(16-24-86)84-31-29-83(30-32-84)50-9-10-50/h7-8,11-12,37-40,46-47,50-52H,5-6,9-10,13-36,41H2,1-4H3,(H2,67,87)(H,68,88)(H,77,79)(H,78,80)(H2,69,71,75)(H2,70,72,76). The Bertz CT molecular complexity index is 3430. The minimum atomic E-state index is -0.681. The largest absolute Gasteiger partial charge is 0.381 e. The van der Waals surface area contributed by atoms with Gasteiger partial charge in [-0.25, -0.2) is 19.9 Å². The Morgan fingerprint density at radius 2 is 0.944 bits per heavy atom. The van der Waals surface area contributed by atoms with Crippen LogP contribution in [-0.4, -0.2) is 214 Å². The maximum atomic E-state index is 14.7. The number of carbonyl (C=O) groups excluding carboxylic acids is 2. The van der Waals surface area contributed by atoms with E-state index in [1.807, 2.05) is 32.0 Å². The number of rotatable bonds is 21. The molecule has 13 rings (SSSR count). The van der Waals surface area contributed by atoms with Crippen LogP contribution in [0.5, 0.6) is 0 Å². The zero-order chi connectivity index (χ0) is 61.7. The number of ether oxygens (including phenoxy) is 2. The number of hydrogen-bond donors (Lipinski definition) is 8. The van der Waals surface area contributed by atoms with Crippen molar-refractivity contribution >= 4 is 57.8 Å². The minimum absolute atomic E-state index is 0.0430. The van der Waals surface area contributed by atoms with E-state index in [1.165, 1.54) is 74.4 Å². The molecule has 7 fully saturated rings. The number of nitrogens with two attached hydrogens (primary N) is 1. The summed E-state index contributed by atoms with van der Waals surface area (Å²) in [5, 5.41) is 32.7. The maximum Gasteiger partial charge on any atom is 0.274 e. The quantitative estimate of drug-likeness (QED) is 0.0352. The van der Waals surface area contributed by atoms with Crippen LogP contribution in [0.15, 0.2) is 48.5 Å². The van der Waals surface area contributed by atoms with E-state index in [0.717, 1.165) is 133 Å². The van der Waals surface area contributed by atoms with Crippen molar-refractivity contribution in [2.45, 2.75) is 135 Å². The van der Waals surface area contributed by atoms with Gasteiger partial charge in [0.15, 0.2) is 34.7 Å². The van der Waals surface area contributed by atoms with Crippen molar-refractivity contribution in [1.82, 2.24) is 65.2 Å². The first-order valence-corrected chi connectivity index (χ1v) is 33.4. The summed E-state index contributed by atoms with van der Waals surface area (Å²) in [6, 6.07) is 19.1. The van der Waals surface area contributed by atoms with Crippen molar-refractivity contribution < 1.29 is 19.1 Å². The molecule has 9 N–H and O–H groups in total. The van der Waals surface area contributed by atoms with Crippen LogP contribution >= 0.6 is 0 Å². The number of anilines is 8. The van der Waals surface area contributed by atoms with Gasteiger partial charge in [-0.1, -0.05) is 13.8 Å². The van der Waals surface area contributed by atoms with E-state index in [2.05, 4.69) is 121 Å². The lowest BCUT2D eigenvalue weighted by molar-refractivity contribution is 0.0729. The van der Waals surface area contributed by atoms with Gasteiger partial charge in [-0.15, -0.1) is 0 Å². The highest BCUT2D eigenvalue weighted by atomic mass is 16.5. The average Bonchev–Trinajstić information content (AvgIpc) is 1.84. The Balaban J connectivity index is 0.645. The number of carbonyl (C=O) groups is 2. The monoisotopic (exact) mass is 1230 g/mol. The van der Waals surface area contributed by atoms with E-state index < -0.39 is 5.91 Å². The summed E-state index contributed by atoms with van der Waals surface area (Å²) >= 11 is 0. The Morgan fingerprint density at radius 1 is 0.522 bits per heavy atom. The summed E-state index contributed by atoms with van der Waals surface area (Å²) in [4.78, 5) is 63.4. The third-order valence-electron chi connectivity index (χ3n) is 19.6. The van der Waals surface area contributed by atoms with Gasteiger partial charge in [0, 0.05) is 169 Å². The normalized spacial score (nSPS) is 20.1. The molecule has 24 nitrogen and oxygen atoms in total. The molecule has 4 aromatic heterocycles. The van der Waals surface area contributed by atoms with E-state index in [4.69, 9.17) is 35.1 Å². The minimum Gasteiger partial charge on any atom is -0.381 e. The average molecular weight is 1230 g/mol. The van der Waals surface area contributed by atoms with Crippen LogP contribution in [-0.2, 0) is 22.3 Å². The topological polar surface area (TPSA) is 267 Å². The summed E-state index contributed by atoms with van der Waals surface area (Å²) in [5.41, 5.74) is 16.8.